The number of aromatic amines is 1. The molecule has 2 heterocycles. The van der Waals surface area contributed by atoms with Gasteiger partial charge in [0.25, 0.3) is 0 Å². The van der Waals surface area contributed by atoms with Crippen LogP contribution in [0.3, 0.4) is 0 Å². The smallest absolute Gasteiger partial charge is 0.107 e. The maximum Gasteiger partial charge on any atom is 0.107 e. The largest absolute Gasteiger partial charge is 0.375 e. The molecular formula is C15H27N3O. The van der Waals surface area contributed by atoms with Crippen LogP contribution in [0, 0.1) is 11.8 Å². The van der Waals surface area contributed by atoms with Crippen LogP contribution in [0.2, 0.25) is 0 Å². The second-order valence-electron chi connectivity index (χ2n) is 5.78. The molecule has 0 aromatic carbocycles. The van der Waals surface area contributed by atoms with Gasteiger partial charge in [-0.3, -0.25) is 0 Å². The molecule has 0 saturated carbocycles. The van der Waals surface area contributed by atoms with E-state index in [2.05, 4.69) is 43.0 Å². The Kier molecular flexibility index (Phi) is 4.99. The summed E-state index contributed by atoms with van der Waals surface area (Å²) in [4.78, 5) is 7.58. The molecule has 4 nitrogen and oxygen atoms in total. The minimum atomic E-state index is 0.314. The van der Waals surface area contributed by atoms with Gasteiger partial charge in [-0.2, -0.15) is 0 Å². The van der Waals surface area contributed by atoms with Crippen LogP contribution >= 0.6 is 0 Å². The number of imidazole rings is 1. The number of nitrogens with zero attached hydrogens (tertiary/aromatic N) is 1. The van der Waals surface area contributed by atoms with E-state index in [0.717, 1.165) is 25.2 Å². The highest BCUT2D eigenvalue weighted by atomic mass is 16.5. The molecule has 19 heavy (non-hydrogen) atoms. The number of H-pyrrole nitrogens is 1. The average molecular weight is 265 g/mol. The van der Waals surface area contributed by atoms with E-state index in [0.29, 0.717) is 30.1 Å². The van der Waals surface area contributed by atoms with Crippen LogP contribution in [0.1, 0.15) is 39.9 Å². The van der Waals surface area contributed by atoms with Gasteiger partial charge in [0.15, 0.2) is 0 Å². The zero-order valence-corrected chi connectivity index (χ0v) is 12.5. The zero-order chi connectivity index (χ0) is 13.8. The molecule has 1 aromatic heterocycles. The second-order valence-corrected chi connectivity index (χ2v) is 5.78. The highest BCUT2D eigenvalue weighted by Crippen LogP contribution is 2.35. The summed E-state index contributed by atoms with van der Waals surface area (Å²) < 4.78 is 6.00. The van der Waals surface area contributed by atoms with Gasteiger partial charge in [0.05, 0.1) is 12.2 Å². The summed E-state index contributed by atoms with van der Waals surface area (Å²) in [5.74, 6) is 2.19. The second kappa shape index (κ2) is 6.53. The minimum absolute atomic E-state index is 0.314. The quantitative estimate of drug-likeness (QED) is 0.830. The van der Waals surface area contributed by atoms with E-state index < -0.39 is 0 Å². The lowest BCUT2D eigenvalue weighted by molar-refractivity contribution is 0.0475. The van der Waals surface area contributed by atoms with Crippen molar-refractivity contribution >= 4 is 0 Å². The van der Waals surface area contributed by atoms with Gasteiger partial charge in [0, 0.05) is 30.8 Å². The van der Waals surface area contributed by atoms with Crippen LogP contribution in [0.15, 0.2) is 12.4 Å². The Bertz CT molecular complexity index is 365. The minimum Gasteiger partial charge on any atom is -0.375 e. The number of rotatable bonds is 6. The van der Waals surface area contributed by atoms with Crippen LogP contribution in [0.25, 0.3) is 0 Å². The molecule has 1 aromatic rings. The predicted molar refractivity (Wildman–Crippen MR) is 77.0 cm³/mol. The van der Waals surface area contributed by atoms with E-state index in [9.17, 15) is 0 Å². The summed E-state index contributed by atoms with van der Waals surface area (Å²) in [7, 11) is 0. The Morgan fingerprint density at radius 1 is 1.37 bits per heavy atom. The number of hydrogen-bond donors (Lipinski definition) is 2. The first kappa shape index (κ1) is 14.5. The Labute approximate surface area is 116 Å². The third-order valence-electron chi connectivity index (χ3n) is 4.41. The summed E-state index contributed by atoms with van der Waals surface area (Å²) in [6.45, 7) is 9.95. The number of aromatic nitrogens is 2. The standard InChI is InChI=1S/C15H27N3O/c1-5-6-16-13(9-14-17-7-8-18-14)15-10(2)11(3)19-12(15)4/h7-8,10-13,15-16H,5-6,9H2,1-4H3,(H,17,18). The summed E-state index contributed by atoms with van der Waals surface area (Å²) in [5, 5.41) is 3.69. The molecule has 0 amide bonds. The first-order valence-electron chi connectivity index (χ1n) is 7.50. The summed E-state index contributed by atoms with van der Waals surface area (Å²) in [6.07, 6.45) is 6.49. The van der Waals surface area contributed by atoms with E-state index in [-0.39, 0.29) is 0 Å². The van der Waals surface area contributed by atoms with Crippen molar-refractivity contribution in [3.05, 3.63) is 18.2 Å². The fourth-order valence-corrected chi connectivity index (χ4v) is 3.28. The molecule has 1 aliphatic heterocycles. The monoisotopic (exact) mass is 265 g/mol. The average Bonchev–Trinajstić information content (AvgIpc) is 2.95. The summed E-state index contributed by atoms with van der Waals surface area (Å²) >= 11 is 0. The van der Waals surface area contributed by atoms with Gasteiger partial charge in [-0.25, -0.2) is 4.98 Å². The maximum absolute atomic E-state index is 6.00. The molecule has 4 heteroatoms. The molecule has 0 spiro atoms. The number of nitrogens with one attached hydrogen (secondary N) is 2. The molecule has 2 N–H and O–H groups in total. The van der Waals surface area contributed by atoms with E-state index >= 15 is 0 Å². The molecule has 5 atom stereocenters. The Hall–Kier alpha value is -0.870. The lowest BCUT2D eigenvalue weighted by atomic mass is 9.82. The molecule has 0 bridgehead atoms. The van der Waals surface area contributed by atoms with Crippen molar-refractivity contribution in [2.24, 2.45) is 11.8 Å². The molecular weight excluding hydrogens is 238 g/mol. The molecule has 1 saturated heterocycles. The topological polar surface area (TPSA) is 49.9 Å². The van der Waals surface area contributed by atoms with E-state index in [4.69, 9.17) is 4.74 Å². The first-order chi connectivity index (χ1) is 9.13. The number of hydrogen-bond acceptors (Lipinski definition) is 3. The van der Waals surface area contributed by atoms with Crippen LogP contribution in [-0.2, 0) is 11.2 Å². The first-order valence-corrected chi connectivity index (χ1v) is 7.50. The van der Waals surface area contributed by atoms with Crippen molar-refractivity contribution < 1.29 is 4.74 Å². The lowest BCUT2D eigenvalue weighted by Gasteiger charge is -2.29. The molecule has 0 aliphatic carbocycles. The molecule has 108 valence electrons. The van der Waals surface area contributed by atoms with Gasteiger partial charge in [-0.1, -0.05) is 13.8 Å². The molecule has 1 aliphatic rings. The molecule has 5 unspecified atom stereocenters. The van der Waals surface area contributed by atoms with Crippen LogP contribution < -0.4 is 5.32 Å². The highest BCUT2D eigenvalue weighted by Gasteiger charge is 2.41. The lowest BCUT2D eigenvalue weighted by Crippen LogP contribution is -2.44. The third-order valence-corrected chi connectivity index (χ3v) is 4.41. The van der Waals surface area contributed by atoms with Crippen molar-refractivity contribution in [2.75, 3.05) is 6.54 Å². The molecule has 2 rings (SSSR count). The number of ether oxygens (including phenoxy) is 1. The summed E-state index contributed by atoms with van der Waals surface area (Å²) in [6, 6.07) is 0.432. The van der Waals surface area contributed by atoms with Crippen LogP contribution in [0.5, 0.6) is 0 Å². The Balaban J connectivity index is 2.07. The van der Waals surface area contributed by atoms with Gasteiger partial charge in [0.2, 0.25) is 0 Å². The highest BCUT2D eigenvalue weighted by molar-refractivity contribution is 4.98. The van der Waals surface area contributed by atoms with E-state index in [1.165, 1.54) is 0 Å². The van der Waals surface area contributed by atoms with Gasteiger partial charge >= 0.3 is 0 Å². The van der Waals surface area contributed by atoms with Crippen LogP contribution in [-0.4, -0.2) is 34.8 Å². The van der Waals surface area contributed by atoms with E-state index in [1.807, 2.05) is 12.4 Å². The Morgan fingerprint density at radius 2 is 2.16 bits per heavy atom. The van der Waals surface area contributed by atoms with Crippen LogP contribution in [0.4, 0.5) is 0 Å². The van der Waals surface area contributed by atoms with Crippen molar-refractivity contribution in [1.82, 2.24) is 15.3 Å². The zero-order valence-electron chi connectivity index (χ0n) is 12.5. The third kappa shape index (κ3) is 3.37. The fourth-order valence-electron chi connectivity index (χ4n) is 3.28. The van der Waals surface area contributed by atoms with Gasteiger partial charge in [-0.05, 0) is 32.7 Å². The van der Waals surface area contributed by atoms with E-state index in [1.54, 1.807) is 0 Å². The normalized spacial score (nSPS) is 32.6. The van der Waals surface area contributed by atoms with Gasteiger partial charge in [-0.15, -0.1) is 0 Å². The van der Waals surface area contributed by atoms with Crippen molar-refractivity contribution in [3.63, 3.8) is 0 Å². The summed E-state index contributed by atoms with van der Waals surface area (Å²) in [5.41, 5.74) is 0. The molecule has 1 fully saturated rings. The Morgan fingerprint density at radius 3 is 2.68 bits per heavy atom. The molecule has 0 radical (unpaired) electrons. The van der Waals surface area contributed by atoms with Crippen molar-refractivity contribution in [2.45, 2.75) is 58.8 Å². The van der Waals surface area contributed by atoms with Crippen molar-refractivity contribution in [1.29, 1.82) is 0 Å². The predicted octanol–water partition coefficient (Wildman–Crippen LogP) is 2.38. The maximum atomic E-state index is 6.00. The van der Waals surface area contributed by atoms with Crippen molar-refractivity contribution in [3.8, 4) is 0 Å². The SMILES string of the molecule is CCCNC(Cc1ncc[nH]1)C1C(C)OC(C)C1C. The van der Waals surface area contributed by atoms with Gasteiger partial charge in [0.1, 0.15) is 5.82 Å². The van der Waals surface area contributed by atoms with Gasteiger partial charge < -0.3 is 15.0 Å². The fraction of sp³-hybridized carbons (Fsp3) is 0.800.